The fourth-order valence-corrected chi connectivity index (χ4v) is 3.75. The average Bonchev–Trinajstić information content (AvgIpc) is 3.42. The predicted molar refractivity (Wildman–Crippen MR) is 107 cm³/mol. The maximum absolute atomic E-state index is 13.2. The smallest absolute Gasteiger partial charge is 0.257 e. The molecule has 3 aromatic rings. The molecule has 2 heterocycles. The lowest BCUT2D eigenvalue weighted by Crippen LogP contribution is -2.30. The molecule has 1 fully saturated rings. The van der Waals surface area contributed by atoms with Gasteiger partial charge in [-0.2, -0.15) is 4.98 Å². The molecule has 29 heavy (non-hydrogen) atoms. The van der Waals surface area contributed by atoms with Crippen LogP contribution in [0.2, 0.25) is 0 Å². The third-order valence-corrected chi connectivity index (χ3v) is 5.21. The number of carbonyl (C=O) groups excluding carboxylic acids is 1. The Hall–Kier alpha value is -3.35. The highest BCUT2D eigenvalue weighted by molar-refractivity contribution is 5.95. The minimum atomic E-state index is 0.00976. The summed E-state index contributed by atoms with van der Waals surface area (Å²) in [6, 6.07) is 13.1. The molecule has 1 aromatic heterocycles. The second kappa shape index (κ2) is 7.95. The number of nitrogens with zero attached hydrogens (tertiary/aromatic N) is 3. The van der Waals surface area contributed by atoms with Crippen molar-refractivity contribution in [3.05, 3.63) is 59.4 Å². The fraction of sp³-hybridized carbons (Fsp3) is 0.318. The molecule has 0 saturated carbocycles. The van der Waals surface area contributed by atoms with Gasteiger partial charge >= 0.3 is 0 Å². The molecule has 1 aliphatic heterocycles. The van der Waals surface area contributed by atoms with Crippen molar-refractivity contribution in [1.82, 2.24) is 15.0 Å². The highest BCUT2D eigenvalue weighted by Crippen LogP contribution is 2.37. The second-order valence-electron chi connectivity index (χ2n) is 7.00. The number of methoxy groups -OCH3 is 2. The van der Waals surface area contributed by atoms with E-state index in [2.05, 4.69) is 10.1 Å². The fourth-order valence-electron chi connectivity index (χ4n) is 3.75. The Morgan fingerprint density at radius 2 is 1.86 bits per heavy atom. The lowest BCUT2D eigenvalue weighted by atomic mass is 10.0. The molecule has 1 aliphatic rings. The van der Waals surface area contributed by atoms with E-state index in [1.807, 2.05) is 35.2 Å². The molecule has 0 N–H and O–H groups in total. The Bertz CT molecular complexity index is 1010. The molecule has 7 heteroatoms. The second-order valence-corrected chi connectivity index (χ2v) is 7.00. The van der Waals surface area contributed by atoms with Gasteiger partial charge in [0.15, 0.2) is 17.3 Å². The van der Waals surface area contributed by atoms with Crippen molar-refractivity contribution in [2.75, 3.05) is 20.8 Å². The van der Waals surface area contributed by atoms with E-state index in [4.69, 9.17) is 14.0 Å². The molecule has 150 valence electrons. The van der Waals surface area contributed by atoms with Crippen LogP contribution in [0.15, 0.2) is 47.0 Å². The van der Waals surface area contributed by atoms with Crippen LogP contribution in [-0.2, 0) is 0 Å². The van der Waals surface area contributed by atoms with E-state index < -0.39 is 0 Å². The third kappa shape index (κ3) is 3.68. The van der Waals surface area contributed by atoms with Crippen LogP contribution in [-0.4, -0.2) is 41.7 Å². The van der Waals surface area contributed by atoms with Gasteiger partial charge in [-0.3, -0.25) is 4.79 Å². The van der Waals surface area contributed by atoms with Crippen LogP contribution in [0.4, 0.5) is 0 Å². The van der Waals surface area contributed by atoms with Crippen LogP contribution in [0.3, 0.4) is 0 Å². The largest absolute Gasteiger partial charge is 0.493 e. The first-order valence-corrected chi connectivity index (χ1v) is 9.54. The zero-order valence-corrected chi connectivity index (χ0v) is 16.7. The van der Waals surface area contributed by atoms with Crippen molar-refractivity contribution in [2.45, 2.75) is 25.8 Å². The highest BCUT2D eigenvalue weighted by Gasteiger charge is 2.31. The average molecular weight is 393 g/mol. The van der Waals surface area contributed by atoms with Crippen LogP contribution >= 0.6 is 0 Å². The predicted octanol–water partition coefficient (Wildman–Crippen LogP) is 4.04. The molecule has 2 aromatic carbocycles. The summed E-state index contributed by atoms with van der Waals surface area (Å²) >= 11 is 0. The number of benzene rings is 2. The quantitative estimate of drug-likeness (QED) is 0.651. The van der Waals surface area contributed by atoms with Gasteiger partial charge in [-0.15, -0.1) is 0 Å². The number of aromatic nitrogens is 2. The zero-order valence-electron chi connectivity index (χ0n) is 16.7. The molecule has 4 rings (SSSR count). The summed E-state index contributed by atoms with van der Waals surface area (Å²) in [5.74, 6) is 2.39. The van der Waals surface area contributed by atoms with Crippen molar-refractivity contribution >= 4 is 5.91 Å². The number of likely N-dealkylation sites (tertiary alicyclic amines) is 1. The first-order valence-electron chi connectivity index (χ1n) is 9.54. The summed E-state index contributed by atoms with van der Waals surface area (Å²) in [6.45, 7) is 2.50. The van der Waals surface area contributed by atoms with Crippen LogP contribution in [0.25, 0.3) is 11.5 Å². The molecule has 0 bridgehead atoms. The molecule has 1 saturated heterocycles. The van der Waals surface area contributed by atoms with Crippen molar-refractivity contribution in [1.29, 1.82) is 0 Å². The minimum Gasteiger partial charge on any atom is -0.493 e. The number of rotatable bonds is 5. The first kappa shape index (κ1) is 19.0. The van der Waals surface area contributed by atoms with Crippen LogP contribution in [0.5, 0.6) is 11.5 Å². The minimum absolute atomic E-state index is 0.00976. The highest BCUT2D eigenvalue weighted by atomic mass is 16.5. The number of hydrogen-bond acceptors (Lipinski definition) is 6. The molecular weight excluding hydrogens is 370 g/mol. The molecule has 1 amide bonds. The Morgan fingerprint density at radius 3 is 2.52 bits per heavy atom. The molecule has 1 atom stereocenters. The van der Waals surface area contributed by atoms with Crippen molar-refractivity contribution < 1.29 is 18.8 Å². The molecule has 0 aliphatic carbocycles. The van der Waals surface area contributed by atoms with Gasteiger partial charge in [0.25, 0.3) is 11.8 Å². The van der Waals surface area contributed by atoms with Gasteiger partial charge in [-0.25, -0.2) is 0 Å². The summed E-state index contributed by atoms with van der Waals surface area (Å²) < 4.78 is 15.9. The zero-order chi connectivity index (χ0) is 20.4. The number of aryl methyl sites for hydroxylation is 1. The summed E-state index contributed by atoms with van der Waals surface area (Å²) in [7, 11) is 3.23. The molecular formula is C22H23N3O4. The van der Waals surface area contributed by atoms with Crippen molar-refractivity contribution in [2.24, 2.45) is 0 Å². The Balaban J connectivity index is 1.56. The maximum Gasteiger partial charge on any atom is 0.257 e. The van der Waals surface area contributed by atoms with E-state index in [0.717, 1.165) is 30.5 Å². The SMILES string of the molecule is COc1ccc(C2CCCN2C(=O)c2ccc(-c3nc(C)no3)cc2)cc1OC. The van der Waals surface area contributed by atoms with E-state index >= 15 is 0 Å². The van der Waals surface area contributed by atoms with Gasteiger partial charge in [0.05, 0.1) is 20.3 Å². The van der Waals surface area contributed by atoms with E-state index in [9.17, 15) is 4.79 Å². The van der Waals surface area contributed by atoms with Gasteiger partial charge in [0, 0.05) is 17.7 Å². The van der Waals surface area contributed by atoms with Gasteiger partial charge < -0.3 is 18.9 Å². The standard InChI is InChI=1S/C22H23N3O4/c1-14-23-21(29-24-14)15-6-8-16(9-7-15)22(26)25-12-4-5-18(25)17-10-11-19(27-2)20(13-17)28-3/h6-11,13,18H,4-5,12H2,1-3H3. The number of ether oxygens (including phenoxy) is 2. The van der Waals surface area contributed by atoms with E-state index in [1.165, 1.54) is 0 Å². The van der Waals surface area contributed by atoms with Crippen molar-refractivity contribution in [3.63, 3.8) is 0 Å². The van der Waals surface area contributed by atoms with Gasteiger partial charge in [-0.1, -0.05) is 11.2 Å². The Kier molecular flexibility index (Phi) is 5.20. The maximum atomic E-state index is 13.2. The lowest BCUT2D eigenvalue weighted by molar-refractivity contribution is 0.0735. The molecule has 1 unspecified atom stereocenters. The van der Waals surface area contributed by atoms with Crippen LogP contribution < -0.4 is 9.47 Å². The van der Waals surface area contributed by atoms with E-state index in [0.29, 0.717) is 28.8 Å². The van der Waals surface area contributed by atoms with E-state index in [1.54, 1.807) is 33.3 Å². The summed E-state index contributed by atoms with van der Waals surface area (Å²) in [5.41, 5.74) is 2.48. The lowest BCUT2D eigenvalue weighted by Gasteiger charge is -2.26. The van der Waals surface area contributed by atoms with Crippen LogP contribution in [0.1, 0.15) is 40.6 Å². The number of carbonyl (C=O) groups is 1. The number of amides is 1. The topological polar surface area (TPSA) is 77.7 Å². The summed E-state index contributed by atoms with van der Waals surface area (Å²) in [4.78, 5) is 19.3. The van der Waals surface area contributed by atoms with Crippen LogP contribution in [0, 0.1) is 6.92 Å². The van der Waals surface area contributed by atoms with Crippen molar-refractivity contribution in [3.8, 4) is 23.0 Å². The monoisotopic (exact) mass is 393 g/mol. The molecule has 0 spiro atoms. The molecule has 7 nitrogen and oxygen atoms in total. The summed E-state index contributed by atoms with van der Waals surface area (Å²) in [5, 5.41) is 3.80. The Morgan fingerprint density at radius 1 is 1.10 bits per heavy atom. The normalized spacial score (nSPS) is 16.1. The van der Waals surface area contributed by atoms with Gasteiger partial charge in [0.2, 0.25) is 0 Å². The third-order valence-electron chi connectivity index (χ3n) is 5.21. The number of hydrogen-bond donors (Lipinski definition) is 0. The van der Waals surface area contributed by atoms with E-state index in [-0.39, 0.29) is 11.9 Å². The van der Waals surface area contributed by atoms with Gasteiger partial charge in [-0.05, 0) is 61.7 Å². The summed E-state index contributed by atoms with van der Waals surface area (Å²) in [6.07, 6.45) is 1.88. The molecule has 0 radical (unpaired) electrons. The first-order chi connectivity index (χ1) is 14.1. The Labute approximate surface area is 169 Å². The van der Waals surface area contributed by atoms with Gasteiger partial charge in [0.1, 0.15) is 0 Å².